The van der Waals surface area contributed by atoms with Gasteiger partial charge in [0.25, 0.3) is 0 Å². The maximum atomic E-state index is 5.13. The molecular formula is C12H15NO2. The monoisotopic (exact) mass is 205 g/mol. The first kappa shape index (κ1) is 10.0. The van der Waals surface area contributed by atoms with Crippen LogP contribution in [-0.4, -0.2) is 20.1 Å². The molecule has 1 aliphatic heterocycles. The van der Waals surface area contributed by atoms with Crippen LogP contribution in [0.5, 0.6) is 5.75 Å². The predicted molar refractivity (Wildman–Crippen MR) is 59.4 cm³/mol. The van der Waals surface area contributed by atoms with Crippen LogP contribution >= 0.6 is 0 Å². The lowest BCUT2D eigenvalue weighted by Gasteiger charge is -2.07. The lowest BCUT2D eigenvalue weighted by atomic mass is 10.1. The van der Waals surface area contributed by atoms with Gasteiger partial charge in [0.2, 0.25) is 0 Å². The molecule has 0 bridgehead atoms. The fourth-order valence-electron chi connectivity index (χ4n) is 1.79. The van der Waals surface area contributed by atoms with Gasteiger partial charge < -0.3 is 9.47 Å². The van der Waals surface area contributed by atoms with Gasteiger partial charge in [0.1, 0.15) is 5.75 Å². The number of nitrogens with zero attached hydrogens (tertiary/aromatic N) is 1. The Balaban J connectivity index is 2.13. The Bertz CT molecular complexity index is 356. The van der Waals surface area contributed by atoms with E-state index in [1.54, 1.807) is 14.2 Å². The van der Waals surface area contributed by atoms with E-state index in [1.165, 1.54) is 5.56 Å². The van der Waals surface area contributed by atoms with Crippen LogP contribution in [0.15, 0.2) is 29.3 Å². The summed E-state index contributed by atoms with van der Waals surface area (Å²) in [7, 11) is 3.35. The van der Waals surface area contributed by atoms with Gasteiger partial charge in [0.15, 0.2) is 5.90 Å². The highest BCUT2D eigenvalue weighted by Crippen LogP contribution is 2.29. The average Bonchev–Trinajstić information content (AvgIpc) is 2.78. The summed E-state index contributed by atoms with van der Waals surface area (Å²) in [6.07, 6.45) is 1.97. The molecule has 1 unspecified atom stereocenters. The highest BCUT2D eigenvalue weighted by molar-refractivity contribution is 5.78. The lowest BCUT2D eigenvalue weighted by Crippen LogP contribution is -1.93. The van der Waals surface area contributed by atoms with Crippen molar-refractivity contribution in [1.82, 2.24) is 0 Å². The van der Waals surface area contributed by atoms with E-state index in [0.29, 0.717) is 0 Å². The Labute approximate surface area is 89.7 Å². The van der Waals surface area contributed by atoms with Crippen LogP contribution in [0.3, 0.4) is 0 Å². The minimum absolute atomic E-state index is 0.255. The molecule has 1 aliphatic rings. The SMILES string of the molecule is COC1=NC(c2ccc(OC)cc2)CC1. The van der Waals surface area contributed by atoms with Crippen LogP contribution in [0.2, 0.25) is 0 Å². The number of benzene rings is 1. The van der Waals surface area contributed by atoms with E-state index in [2.05, 4.69) is 17.1 Å². The summed E-state index contributed by atoms with van der Waals surface area (Å²) < 4.78 is 10.2. The molecule has 2 rings (SSSR count). The fourth-order valence-corrected chi connectivity index (χ4v) is 1.79. The molecule has 3 heteroatoms. The molecule has 15 heavy (non-hydrogen) atoms. The molecule has 0 aromatic heterocycles. The number of rotatable bonds is 2. The van der Waals surface area contributed by atoms with E-state index in [-0.39, 0.29) is 6.04 Å². The zero-order valence-corrected chi connectivity index (χ0v) is 9.06. The number of hydrogen-bond donors (Lipinski definition) is 0. The second-order valence-electron chi connectivity index (χ2n) is 3.55. The Morgan fingerprint density at radius 2 is 1.87 bits per heavy atom. The van der Waals surface area contributed by atoms with E-state index in [9.17, 15) is 0 Å². The van der Waals surface area contributed by atoms with Crippen LogP contribution in [0.4, 0.5) is 0 Å². The minimum Gasteiger partial charge on any atom is -0.497 e. The van der Waals surface area contributed by atoms with Gasteiger partial charge in [-0.3, -0.25) is 0 Å². The van der Waals surface area contributed by atoms with Gasteiger partial charge in [0.05, 0.1) is 20.3 Å². The van der Waals surface area contributed by atoms with E-state index in [0.717, 1.165) is 24.5 Å². The van der Waals surface area contributed by atoms with Crippen LogP contribution in [0, 0.1) is 0 Å². The maximum Gasteiger partial charge on any atom is 0.183 e. The first-order valence-electron chi connectivity index (χ1n) is 5.08. The minimum atomic E-state index is 0.255. The van der Waals surface area contributed by atoms with Crippen molar-refractivity contribution < 1.29 is 9.47 Å². The second kappa shape index (κ2) is 4.34. The van der Waals surface area contributed by atoms with Gasteiger partial charge in [-0.1, -0.05) is 12.1 Å². The molecule has 80 valence electrons. The molecule has 0 saturated carbocycles. The van der Waals surface area contributed by atoms with Gasteiger partial charge >= 0.3 is 0 Å². The summed E-state index contributed by atoms with van der Waals surface area (Å²) in [4.78, 5) is 4.49. The van der Waals surface area contributed by atoms with Crippen molar-refractivity contribution in [3.05, 3.63) is 29.8 Å². The van der Waals surface area contributed by atoms with Crippen molar-refractivity contribution in [1.29, 1.82) is 0 Å². The number of ether oxygens (including phenoxy) is 2. The smallest absolute Gasteiger partial charge is 0.183 e. The molecule has 1 heterocycles. The van der Waals surface area contributed by atoms with E-state index < -0.39 is 0 Å². The van der Waals surface area contributed by atoms with Crippen molar-refractivity contribution in [3.8, 4) is 5.75 Å². The number of aliphatic imine (C=N–C) groups is 1. The van der Waals surface area contributed by atoms with Gasteiger partial charge in [-0.05, 0) is 24.1 Å². The maximum absolute atomic E-state index is 5.13. The molecule has 0 spiro atoms. The fraction of sp³-hybridized carbons (Fsp3) is 0.417. The van der Waals surface area contributed by atoms with Gasteiger partial charge in [-0.15, -0.1) is 0 Å². The van der Waals surface area contributed by atoms with Crippen molar-refractivity contribution in [2.24, 2.45) is 4.99 Å². The van der Waals surface area contributed by atoms with E-state index >= 15 is 0 Å². The van der Waals surface area contributed by atoms with Crippen LogP contribution in [0.1, 0.15) is 24.4 Å². The largest absolute Gasteiger partial charge is 0.497 e. The standard InChI is InChI=1S/C12H15NO2/c1-14-10-5-3-9(4-6-10)11-7-8-12(13-11)15-2/h3-6,11H,7-8H2,1-2H3. The van der Waals surface area contributed by atoms with Crippen LogP contribution < -0.4 is 4.74 Å². The lowest BCUT2D eigenvalue weighted by molar-refractivity contribution is 0.395. The highest BCUT2D eigenvalue weighted by Gasteiger charge is 2.19. The zero-order chi connectivity index (χ0) is 10.7. The molecule has 1 aromatic rings. The molecule has 0 N–H and O–H groups in total. The third kappa shape index (κ3) is 2.12. The molecule has 0 saturated heterocycles. The van der Waals surface area contributed by atoms with Crippen molar-refractivity contribution in [2.75, 3.05) is 14.2 Å². The highest BCUT2D eigenvalue weighted by atomic mass is 16.5. The normalized spacial score (nSPS) is 19.9. The molecule has 0 fully saturated rings. The molecule has 0 radical (unpaired) electrons. The topological polar surface area (TPSA) is 30.8 Å². The van der Waals surface area contributed by atoms with Crippen molar-refractivity contribution >= 4 is 5.90 Å². The quantitative estimate of drug-likeness (QED) is 0.743. The van der Waals surface area contributed by atoms with Gasteiger partial charge in [0, 0.05) is 6.42 Å². The third-order valence-corrected chi connectivity index (χ3v) is 2.67. The number of hydrogen-bond acceptors (Lipinski definition) is 3. The molecular weight excluding hydrogens is 190 g/mol. The predicted octanol–water partition coefficient (Wildman–Crippen LogP) is 2.58. The van der Waals surface area contributed by atoms with E-state index in [1.807, 2.05) is 12.1 Å². The van der Waals surface area contributed by atoms with E-state index in [4.69, 9.17) is 9.47 Å². The molecule has 1 atom stereocenters. The van der Waals surface area contributed by atoms with Gasteiger partial charge in [-0.25, -0.2) is 4.99 Å². The van der Waals surface area contributed by atoms with Crippen LogP contribution in [0.25, 0.3) is 0 Å². The Morgan fingerprint density at radius 1 is 1.13 bits per heavy atom. The summed E-state index contributed by atoms with van der Waals surface area (Å²) >= 11 is 0. The zero-order valence-electron chi connectivity index (χ0n) is 9.06. The van der Waals surface area contributed by atoms with Crippen molar-refractivity contribution in [2.45, 2.75) is 18.9 Å². The summed E-state index contributed by atoms with van der Waals surface area (Å²) in [5.41, 5.74) is 1.22. The third-order valence-electron chi connectivity index (χ3n) is 2.67. The van der Waals surface area contributed by atoms with Crippen molar-refractivity contribution in [3.63, 3.8) is 0 Å². The molecule has 0 amide bonds. The van der Waals surface area contributed by atoms with Crippen LogP contribution in [-0.2, 0) is 4.74 Å². The summed E-state index contributed by atoms with van der Waals surface area (Å²) in [5.74, 6) is 1.74. The summed E-state index contributed by atoms with van der Waals surface area (Å²) in [6.45, 7) is 0. The molecule has 3 nitrogen and oxygen atoms in total. The van der Waals surface area contributed by atoms with Gasteiger partial charge in [-0.2, -0.15) is 0 Å². The molecule has 1 aromatic carbocycles. The Kier molecular flexibility index (Phi) is 2.90. The number of methoxy groups -OCH3 is 2. The first-order chi connectivity index (χ1) is 7.33. The first-order valence-corrected chi connectivity index (χ1v) is 5.08. The average molecular weight is 205 g/mol. The summed E-state index contributed by atoms with van der Waals surface area (Å²) in [6, 6.07) is 8.31. The Hall–Kier alpha value is -1.51. The molecule has 0 aliphatic carbocycles. The Morgan fingerprint density at radius 3 is 2.40 bits per heavy atom. The summed E-state index contributed by atoms with van der Waals surface area (Å²) in [5, 5.41) is 0. The second-order valence-corrected chi connectivity index (χ2v) is 3.55.